The zero-order valence-corrected chi connectivity index (χ0v) is 18.6. The van der Waals surface area contributed by atoms with Crippen molar-refractivity contribution in [2.75, 3.05) is 33.8 Å². The van der Waals surface area contributed by atoms with E-state index in [0.717, 1.165) is 17.0 Å². The molecule has 8 heteroatoms. The molecule has 1 heterocycles. The van der Waals surface area contributed by atoms with Gasteiger partial charge in [0.05, 0.1) is 52.1 Å². The van der Waals surface area contributed by atoms with Gasteiger partial charge in [0.1, 0.15) is 11.5 Å². The molecular weight excluding hydrogens is 398 g/mol. The summed E-state index contributed by atoms with van der Waals surface area (Å²) in [7, 11) is 6.30. The highest BCUT2D eigenvalue weighted by atomic mass is 16.5. The summed E-state index contributed by atoms with van der Waals surface area (Å²) in [4.78, 5) is 12.9. The summed E-state index contributed by atoms with van der Waals surface area (Å²) in [5.41, 5.74) is 3.67. The van der Waals surface area contributed by atoms with Crippen LogP contribution in [0.1, 0.15) is 27.3 Å². The molecule has 0 atom stereocenters. The number of benzene rings is 2. The van der Waals surface area contributed by atoms with Crippen LogP contribution in [-0.2, 0) is 6.54 Å². The molecule has 0 saturated carbocycles. The van der Waals surface area contributed by atoms with E-state index in [4.69, 9.17) is 18.9 Å². The van der Waals surface area contributed by atoms with Crippen LogP contribution in [0.25, 0.3) is 0 Å². The van der Waals surface area contributed by atoms with Gasteiger partial charge in [-0.2, -0.15) is 5.10 Å². The van der Waals surface area contributed by atoms with Crippen molar-refractivity contribution in [3.8, 4) is 23.0 Å². The van der Waals surface area contributed by atoms with Crippen molar-refractivity contribution in [3.05, 3.63) is 58.9 Å². The second kappa shape index (κ2) is 9.42. The van der Waals surface area contributed by atoms with Crippen LogP contribution in [0.5, 0.6) is 23.0 Å². The number of rotatable bonds is 8. The lowest BCUT2D eigenvalue weighted by Gasteiger charge is -2.11. The van der Waals surface area contributed by atoms with Gasteiger partial charge in [-0.3, -0.25) is 9.48 Å². The smallest absolute Gasteiger partial charge is 0.256 e. The van der Waals surface area contributed by atoms with Gasteiger partial charge >= 0.3 is 0 Å². The molecule has 0 radical (unpaired) electrons. The number of nitrogens with zero attached hydrogens (tertiary/aromatic N) is 2. The molecule has 0 spiro atoms. The second-order valence-corrected chi connectivity index (χ2v) is 6.95. The van der Waals surface area contributed by atoms with E-state index in [-0.39, 0.29) is 5.91 Å². The van der Waals surface area contributed by atoms with Crippen molar-refractivity contribution >= 4 is 11.6 Å². The first-order valence-corrected chi connectivity index (χ1v) is 9.69. The zero-order chi connectivity index (χ0) is 22.5. The maximum absolute atomic E-state index is 12.9. The summed E-state index contributed by atoms with van der Waals surface area (Å²) < 4.78 is 23.0. The minimum absolute atomic E-state index is 0.269. The van der Waals surface area contributed by atoms with Crippen molar-refractivity contribution in [1.29, 1.82) is 0 Å². The fourth-order valence-corrected chi connectivity index (χ4v) is 3.31. The van der Waals surface area contributed by atoms with Crippen molar-refractivity contribution in [1.82, 2.24) is 9.78 Å². The highest BCUT2D eigenvalue weighted by Crippen LogP contribution is 2.29. The number of methoxy groups -OCH3 is 4. The lowest BCUT2D eigenvalue weighted by atomic mass is 10.1. The predicted octanol–water partition coefficient (Wildman–Crippen LogP) is 3.83. The summed E-state index contributed by atoms with van der Waals surface area (Å²) in [5.74, 6) is 2.14. The normalized spacial score (nSPS) is 10.5. The van der Waals surface area contributed by atoms with Gasteiger partial charge in [0, 0.05) is 11.6 Å². The fraction of sp³-hybridized carbons (Fsp3) is 0.304. The minimum Gasteiger partial charge on any atom is -0.497 e. The van der Waals surface area contributed by atoms with Crippen molar-refractivity contribution in [3.63, 3.8) is 0 Å². The van der Waals surface area contributed by atoms with E-state index in [1.165, 1.54) is 0 Å². The number of amides is 1. The summed E-state index contributed by atoms with van der Waals surface area (Å²) in [6.45, 7) is 4.30. The number of anilines is 1. The molecule has 0 fully saturated rings. The highest BCUT2D eigenvalue weighted by Gasteiger charge is 2.17. The van der Waals surface area contributed by atoms with Gasteiger partial charge in [0.2, 0.25) is 0 Å². The SMILES string of the molecule is COc1cc(OC)cc(C(=O)Nc2c(C)nn(Cc3ccc(OC)c(OC)c3)c2C)c1. The Bertz CT molecular complexity index is 1070. The Balaban J connectivity index is 1.84. The topological polar surface area (TPSA) is 83.8 Å². The summed E-state index contributed by atoms with van der Waals surface area (Å²) in [6, 6.07) is 10.8. The van der Waals surface area contributed by atoms with Gasteiger partial charge in [-0.15, -0.1) is 0 Å². The van der Waals surface area contributed by atoms with E-state index >= 15 is 0 Å². The molecule has 3 aromatic rings. The first kappa shape index (κ1) is 22.0. The molecule has 1 N–H and O–H groups in total. The lowest BCUT2D eigenvalue weighted by Crippen LogP contribution is -2.14. The zero-order valence-electron chi connectivity index (χ0n) is 18.6. The van der Waals surface area contributed by atoms with Gasteiger partial charge in [-0.1, -0.05) is 6.07 Å². The number of carbonyl (C=O) groups is 1. The molecule has 0 unspecified atom stereocenters. The summed E-state index contributed by atoms with van der Waals surface area (Å²) in [6.07, 6.45) is 0. The molecule has 1 aromatic heterocycles. The molecule has 0 bridgehead atoms. The molecule has 3 rings (SSSR count). The highest BCUT2D eigenvalue weighted by molar-refractivity contribution is 6.05. The number of carbonyl (C=O) groups excluding carboxylic acids is 1. The molecular formula is C23H27N3O5. The number of nitrogens with one attached hydrogen (secondary N) is 1. The quantitative estimate of drug-likeness (QED) is 0.590. The Morgan fingerprint density at radius 3 is 2.13 bits per heavy atom. The Morgan fingerprint density at radius 1 is 0.903 bits per heavy atom. The van der Waals surface area contributed by atoms with Gasteiger partial charge in [-0.25, -0.2) is 0 Å². The van der Waals surface area contributed by atoms with Gasteiger partial charge < -0.3 is 24.3 Å². The van der Waals surface area contributed by atoms with Gasteiger partial charge in [0.25, 0.3) is 5.91 Å². The van der Waals surface area contributed by atoms with Crippen LogP contribution in [0.15, 0.2) is 36.4 Å². The number of aromatic nitrogens is 2. The van der Waals surface area contributed by atoms with E-state index in [2.05, 4.69) is 10.4 Å². The number of hydrogen-bond donors (Lipinski definition) is 1. The minimum atomic E-state index is -0.269. The van der Waals surface area contributed by atoms with Gasteiger partial charge in [0.15, 0.2) is 11.5 Å². The standard InChI is InChI=1S/C23H27N3O5/c1-14-22(24-23(27)17-10-18(28-3)12-19(11-17)29-4)15(2)26(25-14)13-16-7-8-20(30-5)21(9-16)31-6/h7-12H,13H2,1-6H3,(H,24,27). The molecule has 0 aliphatic rings. The third-order valence-electron chi connectivity index (χ3n) is 5.01. The Morgan fingerprint density at radius 2 is 1.55 bits per heavy atom. The van der Waals surface area contributed by atoms with E-state index in [1.54, 1.807) is 46.6 Å². The van der Waals surface area contributed by atoms with Crippen LogP contribution in [0.4, 0.5) is 5.69 Å². The van der Waals surface area contributed by atoms with Crippen LogP contribution >= 0.6 is 0 Å². The molecule has 164 valence electrons. The number of ether oxygens (including phenoxy) is 4. The first-order chi connectivity index (χ1) is 14.9. The largest absolute Gasteiger partial charge is 0.497 e. The Hall–Kier alpha value is -3.68. The van der Waals surface area contributed by atoms with E-state index in [0.29, 0.717) is 40.8 Å². The molecule has 0 aliphatic carbocycles. The van der Waals surface area contributed by atoms with Gasteiger partial charge in [-0.05, 0) is 43.7 Å². The van der Waals surface area contributed by atoms with E-state index in [1.807, 2.05) is 36.7 Å². The molecule has 8 nitrogen and oxygen atoms in total. The van der Waals surface area contributed by atoms with Crippen LogP contribution in [-0.4, -0.2) is 44.1 Å². The fourth-order valence-electron chi connectivity index (χ4n) is 3.31. The summed E-state index contributed by atoms with van der Waals surface area (Å²) in [5, 5.41) is 7.56. The molecule has 1 amide bonds. The van der Waals surface area contributed by atoms with Crippen LogP contribution in [0, 0.1) is 13.8 Å². The van der Waals surface area contributed by atoms with Crippen molar-refractivity contribution in [2.45, 2.75) is 20.4 Å². The molecule has 2 aromatic carbocycles. The third kappa shape index (κ3) is 4.74. The second-order valence-electron chi connectivity index (χ2n) is 6.95. The predicted molar refractivity (Wildman–Crippen MR) is 118 cm³/mol. The molecule has 0 aliphatic heterocycles. The van der Waals surface area contributed by atoms with Crippen molar-refractivity contribution in [2.24, 2.45) is 0 Å². The number of hydrogen-bond acceptors (Lipinski definition) is 6. The monoisotopic (exact) mass is 425 g/mol. The molecule has 0 saturated heterocycles. The van der Waals surface area contributed by atoms with Crippen molar-refractivity contribution < 1.29 is 23.7 Å². The first-order valence-electron chi connectivity index (χ1n) is 9.69. The molecule has 31 heavy (non-hydrogen) atoms. The van der Waals surface area contributed by atoms with Crippen LogP contribution in [0.2, 0.25) is 0 Å². The average Bonchev–Trinajstić information content (AvgIpc) is 3.05. The number of aryl methyl sites for hydroxylation is 1. The van der Waals surface area contributed by atoms with E-state index < -0.39 is 0 Å². The third-order valence-corrected chi connectivity index (χ3v) is 5.01. The Labute approximate surface area is 181 Å². The lowest BCUT2D eigenvalue weighted by molar-refractivity contribution is 0.102. The van der Waals surface area contributed by atoms with E-state index in [9.17, 15) is 4.79 Å². The maximum atomic E-state index is 12.9. The average molecular weight is 425 g/mol. The van der Waals surface area contributed by atoms with Crippen LogP contribution < -0.4 is 24.3 Å². The van der Waals surface area contributed by atoms with Crippen LogP contribution in [0.3, 0.4) is 0 Å². The Kier molecular flexibility index (Phi) is 6.69. The maximum Gasteiger partial charge on any atom is 0.256 e. The summed E-state index contributed by atoms with van der Waals surface area (Å²) >= 11 is 0.